The monoisotopic (exact) mass is 565 g/mol. The summed E-state index contributed by atoms with van der Waals surface area (Å²) in [5.74, 6) is -1.57. The predicted molar refractivity (Wildman–Crippen MR) is 144 cm³/mol. The number of likely N-dealkylation sites (tertiary alicyclic amines) is 1. The highest BCUT2D eigenvalue weighted by Crippen LogP contribution is 2.35. The van der Waals surface area contributed by atoms with Crippen molar-refractivity contribution >= 4 is 39.6 Å². The molecule has 2 aromatic carbocycles. The quantitative estimate of drug-likeness (QED) is 0.350. The second-order valence-electron chi connectivity index (χ2n) is 9.49. The first kappa shape index (κ1) is 26.8. The van der Waals surface area contributed by atoms with Crippen molar-refractivity contribution in [3.63, 3.8) is 0 Å². The molecule has 1 fully saturated rings. The zero-order valence-electron chi connectivity index (χ0n) is 20.9. The number of nitrogens with one attached hydrogen (secondary N) is 1. The lowest BCUT2D eigenvalue weighted by molar-refractivity contribution is -0.144. The molecule has 0 aromatic heterocycles. The minimum Gasteiger partial charge on any atom is -0.355 e. The Labute approximate surface area is 226 Å². The number of allylic oxidation sites excluding steroid dienone is 2. The maximum Gasteiger partial charge on any atom is 0.243 e. The number of likely N-dealkylation sites (N-methyl/N-ethyl adjacent to an activating group) is 1. The van der Waals surface area contributed by atoms with E-state index in [4.69, 9.17) is 0 Å². The molecular weight excluding hydrogens is 534 g/mol. The second kappa shape index (κ2) is 12.3. The molecule has 8 heteroatoms. The number of fused-ring (bicyclic) bond motifs is 1. The molecule has 4 rings (SSSR count). The number of carbonyl (C=O) groups is 4. The molecule has 1 heterocycles. The fourth-order valence-electron chi connectivity index (χ4n) is 5.12. The van der Waals surface area contributed by atoms with E-state index in [0.29, 0.717) is 25.8 Å². The lowest BCUT2D eigenvalue weighted by Gasteiger charge is -2.32. The van der Waals surface area contributed by atoms with Crippen LogP contribution in [0.2, 0.25) is 0 Å². The molecule has 1 N–H and O–H groups in total. The Morgan fingerprint density at radius 3 is 2.27 bits per heavy atom. The Bertz CT molecular complexity index is 1160. The predicted octanol–water partition coefficient (Wildman–Crippen LogP) is 3.87. The third kappa shape index (κ3) is 6.36. The molecule has 2 aromatic rings. The molecule has 4 amide bonds. The number of nitrogens with zero attached hydrogens (tertiary/aromatic N) is 2. The summed E-state index contributed by atoms with van der Waals surface area (Å²) in [6.45, 7) is 2.53. The first-order valence-electron chi connectivity index (χ1n) is 12.7. The van der Waals surface area contributed by atoms with E-state index < -0.39 is 6.04 Å². The lowest BCUT2D eigenvalue weighted by Crippen LogP contribution is -2.51. The van der Waals surface area contributed by atoms with E-state index in [-0.39, 0.29) is 55.0 Å². The molecular formula is C29H32BrN3O4. The van der Waals surface area contributed by atoms with E-state index in [0.717, 1.165) is 15.6 Å². The molecule has 3 atom stereocenters. The van der Waals surface area contributed by atoms with Gasteiger partial charge in [0.25, 0.3) is 0 Å². The van der Waals surface area contributed by atoms with Crippen LogP contribution < -0.4 is 5.32 Å². The van der Waals surface area contributed by atoms with Gasteiger partial charge in [-0.3, -0.25) is 24.1 Å². The number of rotatable bonds is 10. The highest BCUT2D eigenvalue weighted by atomic mass is 79.9. The van der Waals surface area contributed by atoms with Crippen LogP contribution in [0, 0.1) is 11.8 Å². The number of benzene rings is 2. The van der Waals surface area contributed by atoms with Crippen LogP contribution in [-0.4, -0.2) is 52.6 Å². The number of carbonyl (C=O) groups excluding carboxylic acids is 4. The maximum absolute atomic E-state index is 13.7. The summed E-state index contributed by atoms with van der Waals surface area (Å²) in [7, 11) is 0. The van der Waals surface area contributed by atoms with Gasteiger partial charge in [0.05, 0.1) is 11.8 Å². The zero-order chi connectivity index (χ0) is 26.4. The summed E-state index contributed by atoms with van der Waals surface area (Å²) in [4.78, 5) is 55.6. The summed E-state index contributed by atoms with van der Waals surface area (Å²) in [6.07, 6.45) is 5.32. The van der Waals surface area contributed by atoms with Crippen LogP contribution in [0.5, 0.6) is 0 Å². The van der Waals surface area contributed by atoms with Gasteiger partial charge in [-0.1, -0.05) is 70.5 Å². The van der Waals surface area contributed by atoms with E-state index in [1.165, 1.54) is 4.90 Å². The van der Waals surface area contributed by atoms with Crippen molar-refractivity contribution in [2.75, 3.05) is 13.1 Å². The van der Waals surface area contributed by atoms with Crippen LogP contribution in [0.1, 0.15) is 37.3 Å². The van der Waals surface area contributed by atoms with E-state index in [1.54, 1.807) is 4.90 Å². The minimum absolute atomic E-state index is 0.0198. The minimum atomic E-state index is -0.745. The molecule has 194 valence electrons. The molecule has 1 aliphatic heterocycles. The smallest absolute Gasteiger partial charge is 0.243 e. The zero-order valence-corrected chi connectivity index (χ0v) is 22.5. The number of imide groups is 1. The average Bonchev–Trinajstić information content (AvgIpc) is 3.14. The van der Waals surface area contributed by atoms with Crippen molar-refractivity contribution in [2.24, 2.45) is 11.8 Å². The first-order valence-corrected chi connectivity index (χ1v) is 13.5. The Morgan fingerprint density at radius 1 is 1.00 bits per heavy atom. The molecule has 1 aliphatic carbocycles. The number of amides is 4. The second-order valence-corrected chi connectivity index (χ2v) is 10.4. The Morgan fingerprint density at radius 2 is 1.65 bits per heavy atom. The summed E-state index contributed by atoms with van der Waals surface area (Å²) < 4.78 is 0.875. The van der Waals surface area contributed by atoms with Crippen LogP contribution in [0.3, 0.4) is 0 Å². The van der Waals surface area contributed by atoms with Crippen molar-refractivity contribution in [1.82, 2.24) is 15.1 Å². The molecule has 0 bridgehead atoms. The lowest BCUT2D eigenvalue weighted by atomic mass is 9.85. The van der Waals surface area contributed by atoms with E-state index in [1.807, 2.05) is 73.7 Å². The van der Waals surface area contributed by atoms with Crippen LogP contribution in [0.25, 0.3) is 0 Å². The van der Waals surface area contributed by atoms with Gasteiger partial charge in [-0.15, -0.1) is 0 Å². The van der Waals surface area contributed by atoms with Gasteiger partial charge < -0.3 is 10.2 Å². The summed E-state index contributed by atoms with van der Waals surface area (Å²) in [5.41, 5.74) is 1.81. The summed E-state index contributed by atoms with van der Waals surface area (Å²) in [5, 5.41) is 2.88. The van der Waals surface area contributed by atoms with Gasteiger partial charge >= 0.3 is 0 Å². The van der Waals surface area contributed by atoms with E-state index >= 15 is 0 Å². The van der Waals surface area contributed by atoms with Crippen molar-refractivity contribution in [3.8, 4) is 0 Å². The van der Waals surface area contributed by atoms with Crippen LogP contribution in [-0.2, 0) is 32.1 Å². The number of hydrogen-bond donors (Lipinski definition) is 1. The van der Waals surface area contributed by atoms with Gasteiger partial charge in [0.15, 0.2) is 0 Å². The van der Waals surface area contributed by atoms with Crippen molar-refractivity contribution < 1.29 is 19.2 Å². The van der Waals surface area contributed by atoms with Gasteiger partial charge in [0.2, 0.25) is 23.6 Å². The third-order valence-corrected chi connectivity index (χ3v) is 7.51. The van der Waals surface area contributed by atoms with Gasteiger partial charge in [-0.2, -0.15) is 0 Å². The molecule has 2 aliphatic rings. The fraction of sp³-hybridized carbons (Fsp3) is 0.379. The van der Waals surface area contributed by atoms with Crippen LogP contribution in [0.4, 0.5) is 0 Å². The van der Waals surface area contributed by atoms with Gasteiger partial charge in [-0.05, 0) is 43.0 Å². The topological polar surface area (TPSA) is 86.8 Å². The Hall–Kier alpha value is -3.26. The average molecular weight is 566 g/mol. The third-order valence-electron chi connectivity index (χ3n) is 7.01. The normalized spacial score (nSPS) is 19.5. The molecule has 0 radical (unpaired) electrons. The van der Waals surface area contributed by atoms with Crippen molar-refractivity contribution in [2.45, 2.75) is 45.2 Å². The van der Waals surface area contributed by atoms with Crippen LogP contribution >= 0.6 is 15.9 Å². The standard InChI is InChI=1S/C29H32BrN3O4/c1-2-31-27(35)25(18-20-9-4-3-5-10-20)33(19-21-11-8-12-22(30)17-21)26(34)15-16-32-28(36)23-13-6-7-14-24(23)29(32)37/h3-12,17,23-25H,2,13-16,18-19H2,1H3,(H,31,35)/t23-,24+,25-/m0/s1. The molecule has 0 saturated carbocycles. The Kier molecular flexibility index (Phi) is 8.92. The molecule has 1 saturated heterocycles. The molecule has 37 heavy (non-hydrogen) atoms. The highest BCUT2D eigenvalue weighted by molar-refractivity contribution is 9.10. The highest BCUT2D eigenvalue weighted by Gasteiger charge is 2.47. The maximum atomic E-state index is 13.7. The Balaban J connectivity index is 1.57. The van der Waals surface area contributed by atoms with E-state index in [9.17, 15) is 19.2 Å². The molecule has 7 nitrogen and oxygen atoms in total. The van der Waals surface area contributed by atoms with Gasteiger partial charge in [0, 0.05) is 36.9 Å². The summed E-state index contributed by atoms with van der Waals surface area (Å²) >= 11 is 3.48. The number of halogens is 1. The summed E-state index contributed by atoms with van der Waals surface area (Å²) in [6, 6.07) is 16.5. The first-order chi connectivity index (χ1) is 17.9. The molecule has 0 spiro atoms. The molecule has 0 unspecified atom stereocenters. The van der Waals surface area contributed by atoms with Crippen LogP contribution in [0.15, 0.2) is 71.2 Å². The van der Waals surface area contributed by atoms with Gasteiger partial charge in [0.1, 0.15) is 6.04 Å². The largest absolute Gasteiger partial charge is 0.355 e. The van der Waals surface area contributed by atoms with Crippen molar-refractivity contribution in [3.05, 3.63) is 82.3 Å². The SMILES string of the molecule is CCNC(=O)[C@H](Cc1ccccc1)N(Cc1cccc(Br)c1)C(=O)CCN1C(=O)[C@H]2CC=CC[C@H]2C1=O. The number of hydrogen-bond acceptors (Lipinski definition) is 4. The fourth-order valence-corrected chi connectivity index (χ4v) is 5.57. The van der Waals surface area contributed by atoms with Crippen molar-refractivity contribution in [1.29, 1.82) is 0 Å². The van der Waals surface area contributed by atoms with E-state index in [2.05, 4.69) is 21.2 Å². The van der Waals surface area contributed by atoms with Gasteiger partial charge in [-0.25, -0.2) is 0 Å².